The predicted molar refractivity (Wildman–Crippen MR) is 129 cm³/mol. The van der Waals surface area contributed by atoms with Gasteiger partial charge in [-0.3, -0.25) is 0 Å². The summed E-state index contributed by atoms with van der Waals surface area (Å²) >= 11 is 0. The zero-order valence-electron chi connectivity index (χ0n) is 16.0. The van der Waals surface area contributed by atoms with Crippen LogP contribution in [0.3, 0.4) is 0 Å². The Kier molecular flexibility index (Phi) is 26.1. The summed E-state index contributed by atoms with van der Waals surface area (Å²) in [6.07, 6.45) is 3.52. The molecular formula is C21H52O4Si2. The number of unbranched alkanes of at least 4 members (excludes halogenated alkanes) is 1. The third kappa shape index (κ3) is 21.7. The molecule has 0 saturated carbocycles. The van der Waals surface area contributed by atoms with E-state index in [1.807, 2.05) is 0 Å². The van der Waals surface area contributed by atoms with Gasteiger partial charge in [0.25, 0.3) is 0 Å². The van der Waals surface area contributed by atoms with Crippen molar-refractivity contribution in [2.24, 2.45) is 0 Å². The number of esters is 1. The molecule has 0 spiro atoms. The molecule has 0 aromatic heterocycles. The molecule has 0 aliphatic heterocycles. The molecule has 0 atom stereocenters. The minimum atomic E-state index is -1.61. The molecule has 0 bridgehead atoms. The molecule has 6 heteroatoms. The Bertz CT molecular complexity index is 369. The first-order valence-electron chi connectivity index (χ1n) is 8.70. The lowest BCUT2D eigenvalue weighted by Gasteiger charge is -2.34. The predicted octanol–water partition coefficient (Wildman–Crippen LogP) is 7.28. The second kappa shape index (κ2) is 18.9. The van der Waals surface area contributed by atoms with E-state index in [2.05, 4.69) is 39.7 Å². The van der Waals surface area contributed by atoms with Crippen LogP contribution in [0.15, 0.2) is 12.2 Å². The lowest BCUT2D eigenvalue weighted by molar-refractivity contribution is -0.140. The summed E-state index contributed by atoms with van der Waals surface area (Å²) in [6.45, 7) is 18.1. The number of hydrogen-bond donors (Lipinski definition) is 0. The summed E-state index contributed by atoms with van der Waals surface area (Å²) in [7, 11) is -3.11. The zero-order valence-corrected chi connectivity index (χ0v) is 18.0. The standard InChI is InChI=1S/C17H36O4Si2.4CH4/c1-8-9-14-22(4,5)21-23(6,7)15-10-11-19-12-13-20-17(18)16(2)3;;;;/h2,8-15H2,1,3-7H3;4*1H4. The third-order valence-electron chi connectivity index (χ3n) is 3.56. The molecule has 0 aliphatic rings. The van der Waals surface area contributed by atoms with Crippen LogP contribution in [0.4, 0.5) is 0 Å². The van der Waals surface area contributed by atoms with Crippen LogP contribution in [-0.4, -0.2) is 42.4 Å². The number of carbonyl (C=O) groups excluding carboxylic acids is 1. The molecule has 0 rings (SSSR count). The minimum Gasteiger partial charge on any atom is -0.460 e. The van der Waals surface area contributed by atoms with Gasteiger partial charge in [0.15, 0.2) is 16.6 Å². The van der Waals surface area contributed by atoms with Crippen molar-refractivity contribution < 1.29 is 18.4 Å². The Morgan fingerprint density at radius 1 is 0.852 bits per heavy atom. The molecule has 4 nitrogen and oxygen atoms in total. The van der Waals surface area contributed by atoms with E-state index in [9.17, 15) is 4.79 Å². The Balaban J connectivity index is -0.000000403. The molecule has 0 fully saturated rings. The molecule has 0 aromatic rings. The van der Waals surface area contributed by atoms with Crippen LogP contribution < -0.4 is 0 Å². The summed E-state index contributed by atoms with van der Waals surface area (Å²) in [5, 5.41) is 0. The van der Waals surface area contributed by atoms with Gasteiger partial charge in [-0.05, 0) is 51.6 Å². The van der Waals surface area contributed by atoms with Crippen molar-refractivity contribution in [2.45, 2.75) is 101 Å². The molecule has 0 radical (unpaired) electrons. The van der Waals surface area contributed by atoms with Crippen LogP contribution in [0.25, 0.3) is 0 Å². The molecule has 0 amide bonds. The van der Waals surface area contributed by atoms with Crippen molar-refractivity contribution in [3.8, 4) is 0 Å². The highest BCUT2D eigenvalue weighted by Crippen LogP contribution is 2.24. The van der Waals surface area contributed by atoms with E-state index in [0.29, 0.717) is 25.4 Å². The van der Waals surface area contributed by atoms with Crippen LogP contribution in [0.2, 0.25) is 38.3 Å². The van der Waals surface area contributed by atoms with Crippen LogP contribution in [0, 0.1) is 0 Å². The average molecular weight is 425 g/mol. The Hall–Kier alpha value is -0.436. The summed E-state index contributed by atoms with van der Waals surface area (Å²) in [6, 6.07) is 2.37. The first-order chi connectivity index (χ1) is 10.6. The van der Waals surface area contributed by atoms with E-state index < -0.39 is 16.6 Å². The Morgan fingerprint density at radius 3 is 1.78 bits per heavy atom. The van der Waals surface area contributed by atoms with E-state index in [1.54, 1.807) is 6.92 Å². The fraction of sp³-hybridized carbons (Fsp3) is 0.857. The highest BCUT2D eigenvalue weighted by Gasteiger charge is 2.31. The second-order valence-corrected chi connectivity index (χ2v) is 16.2. The van der Waals surface area contributed by atoms with Gasteiger partial charge in [-0.2, -0.15) is 0 Å². The quantitative estimate of drug-likeness (QED) is 0.135. The first-order valence-corrected chi connectivity index (χ1v) is 14.9. The normalized spacial score (nSPS) is 10.4. The monoisotopic (exact) mass is 424 g/mol. The van der Waals surface area contributed by atoms with Gasteiger partial charge in [0.05, 0.1) is 6.61 Å². The summed E-state index contributed by atoms with van der Waals surface area (Å²) in [4.78, 5) is 11.2. The van der Waals surface area contributed by atoms with Crippen LogP contribution in [0.1, 0.15) is 62.8 Å². The number of carbonyl (C=O) groups is 1. The van der Waals surface area contributed by atoms with Crippen molar-refractivity contribution in [1.82, 2.24) is 0 Å². The van der Waals surface area contributed by atoms with Gasteiger partial charge in [0.1, 0.15) is 6.61 Å². The third-order valence-corrected chi connectivity index (χ3v) is 11.1. The molecule has 0 aromatic carbocycles. The maximum Gasteiger partial charge on any atom is 0.333 e. The maximum atomic E-state index is 11.2. The van der Waals surface area contributed by atoms with Crippen LogP contribution in [0.5, 0.6) is 0 Å². The molecule has 0 N–H and O–H groups in total. The molecule has 27 heavy (non-hydrogen) atoms. The summed E-state index contributed by atoms with van der Waals surface area (Å²) in [5.74, 6) is -0.352. The van der Waals surface area contributed by atoms with Gasteiger partial charge >= 0.3 is 5.97 Å². The second-order valence-electron chi connectivity index (χ2n) is 7.36. The van der Waals surface area contributed by atoms with Gasteiger partial charge in [0, 0.05) is 12.2 Å². The van der Waals surface area contributed by atoms with Crippen molar-refractivity contribution in [1.29, 1.82) is 0 Å². The van der Waals surface area contributed by atoms with Crippen LogP contribution >= 0.6 is 0 Å². The highest BCUT2D eigenvalue weighted by atomic mass is 28.4. The van der Waals surface area contributed by atoms with Crippen molar-refractivity contribution in [2.75, 3.05) is 19.8 Å². The first kappa shape index (κ1) is 37.3. The average Bonchev–Trinajstić information content (AvgIpc) is 2.42. The highest BCUT2D eigenvalue weighted by molar-refractivity contribution is 6.84. The minimum absolute atomic E-state index is 0. The Morgan fingerprint density at radius 2 is 1.33 bits per heavy atom. The maximum absolute atomic E-state index is 11.2. The Labute approximate surface area is 174 Å². The van der Waals surface area contributed by atoms with Crippen LogP contribution in [-0.2, 0) is 18.4 Å². The number of rotatable bonds is 13. The lowest BCUT2D eigenvalue weighted by Crippen LogP contribution is -2.44. The van der Waals surface area contributed by atoms with E-state index >= 15 is 0 Å². The van der Waals surface area contributed by atoms with Gasteiger partial charge in [-0.1, -0.05) is 56.1 Å². The summed E-state index contributed by atoms with van der Waals surface area (Å²) < 4.78 is 17.1. The summed E-state index contributed by atoms with van der Waals surface area (Å²) in [5.41, 5.74) is 0.421. The topological polar surface area (TPSA) is 44.8 Å². The van der Waals surface area contributed by atoms with Gasteiger partial charge in [-0.15, -0.1) is 0 Å². The molecule has 0 unspecified atom stereocenters. The smallest absolute Gasteiger partial charge is 0.333 e. The van der Waals surface area contributed by atoms with Crippen molar-refractivity contribution in [3.05, 3.63) is 12.2 Å². The van der Waals surface area contributed by atoms with E-state index in [0.717, 1.165) is 12.5 Å². The number of ether oxygens (including phenoxy) is 2. The fourth-order valence-electron chi connectivity index (χ4n) is 2.47. The SMILES string of the molecule is C.C.C.C.C=C(C)C(=O)OCCOCCC[Si](C)(C)O[Si](C)(C)CCCC. The molecular weight excluding hydrogens is 372 g/mol. The van der Waals surface area contributed by atoms with E-state index in [1.165, 1.54) is 18.9 Å². The molecule has 0 saturated heterocycles. The van der Waals surface area contributed by atoms with Crippen molar-refractivity contribution >= 4 is 22.6 Å². The molecule has 0 aliphatic carbocycles. The molecule has 168 valence electrons. The van der Waals surface area contributed by atoms with E-state index in [4.69, 9.17) is 13.6 Å². The fourth-order valence-corrected chi connectivity index (χ4v) is 11.5. The van der Waals surface area contributed by atoms with Crippen molar-refractivity contribution in [3.63, 3.8) is 0 Å². The van der Waals surface area contributed by atoms with Gasteiger partial charge < -0.3 is 13.6 Å². The zero-order chi connectivity index (χ0) is 17.9. The van der Waals surface area contributed by atoms with E-state index in [-0.39, 0.29) is 35.7 Å². The van der Waals surface area contributed by atoms with Gasteiger partial charge in [-0.25, -0.2) is 4.79 Å². The molecule has 0 heterocycles. The van der Waals surface area contributed by atoms with Gasteiger partial charge in [0.2, 0.25) is 0 Å². The number of hydrogen-bond acceptors (Lipinski definition) is 4. The lowest BCUT2D eigenvalue weighted by atomic mass is 10.4. The largest absolute Gasteiger partial charge is 0.460 e.